The van der Waals surface area contributed by atoms with Gasteiger partial charge in [0.05, 0.1) is 17.7 Å². The Balaban J connectivity index is 2.07. The van der Waals surface area contributed by atoms with Crippen LogP contribution in [0.3, 0.4) is 0 Å². The van der Waals surface area contributed by atoms with Gasteiger partial charge in [-0.05, 0) is 80.3 Å². The SMILES string of the molecule is CCC(C)NC(=O)C(CC)N(Cc1ccccc1C)C(=O)CN(c1cccc(Cl)c1)S(=O)(=O)c1ccc(OC)cc1. The van der Waals surface area contributed by atoms with Gasteiger partial charge in [-0.3, -0.25) is 13.9 Å². The Morgan fingerprint density at radius 2 is 1.66 bits per heavy atom. The molecule has 2 amide bonds. The number of anilines is 1. The molecular formula is C31H38ClN3O5S. The fourth-order valence-electron chi connectivity index (χ4n) is 4.37. The Morgan fingerprint density at radius 3 is 2.24 bits per heavy atom. The number of ether oxygens (including phenoxy) is 1. The normalized spacial score (nSPS) is 12.7. The van der Waals surface area contributed by atoms with Gasteiger partial charge in [0.25, 0.3) is 10.0 Å². The molecule has 0 aliphatic carbocycles. The monoisotopic (exact) mass is 599 g/mol. The van der Waals surface area contributed by atoms with E-state index in [4.69, 9.17) is 16.3 Å². The maximum absolute atomic E-state index is 14.2. The summed E-state index contributed by atoms with van der Waals surface area (Å²) in [5, 5.41) is 3.30. The van der Waals surface area contributed by atoms with Crippen LogP contribution in [-0.2, 0) is 26.2 Å². The topological polar surface area (TPSA) is 96.0 Å². The zero-order valence-corrected chi connectivity index (χ0v) is 25.7. The van der Waals surface area contributed by atoms with E-state index in [1.807, 2.05) is 52.0 Å². The maximum Gasteiger partial charge on any atom is 0.264 e. The second kappa shape index (κ2) is 14.4. The van der Waals surface area contributed by atoms with Gasteiger partial charge in [0.1, 0.15) is 18.3 Å². The summed E-state index contributed by atoms with van der Waals surface area (Å²) >= 11 is 6.24. The third kappa shape index (κ3) is 8.01. The fraction of sp³-hybridized carbons (Fsp3) is 0.355. The van der Waals surface area contributed by atoms with Crippen molar-refractivity contribution < 1.29 is 22.7 Å². The number of sulfonamides is 1. The van der Waals surface area contributed by atoms with Crippen LogP contribution in [0.5, 0.6) is 5.75 Å². The maximum atomic E-state index is 14.2. The van der Waals surface area contributed by atoms with Gasteiger partial charge in [-0.1, -0.05) is 55.8 Å². The molecule has 10 heteroatoms. The molecule has 0 aliphatic rings. The molecule has 0 aromatic heterocycles. The smallest absolute Gasteiger partial charge is 0.264 e. The van der Waals surface area contributed by atoms with Crippen LogP contribution in [0.25, 0.3) is 0 Å². The van der Waals surface area contributed by atoms with E-state index >= 15 is 0 Å². The number of benzene rings is 3. The Hall–Kier alpha value is -3.56. The van der Waals surface area contributed by atoms with E-state index in [0.717, 1.165) is 21.9 Å². The molecule has 0 saturated carbocycles. The summed E-state index contributed by atoms with van der Waals surface area (Å²) in [7, 11) is -2.72. The van der Waals surface area contributed by atoms with Crippen LogP contribution in [0.1, 0.15) is 44.7 Å². The van der Waals surface area contributed by atoms with Crippen molar-refractivity contribution in [3.8, 4) is 5.75 Å². The molecule has 1 N–H and O–H groups in total. The number of amides is 2. The molecule has 0 heterocycles. The molecule has 0 bridgehead atoms. The summed E-state index contributed by atoms with van der Waals surface area (Å²) < 4.78 is 34.1. The first-order chi connectivity index (χ1) is 19.5. The molecule has 2 atom stereocenters. The second-order valence-corrected chi connectivity index (χ2v) is 12.2. The van der Waals surface area contributed by atoms with Crippen molar-refractivity contribution in [3.63, 3.8) is 0 Å². The molecule has 0 radical (unpaired) electrons. The quantitative estimate of drug-likeness (QED) is 0.277. The summed E-state index contributed by atoms with van der Waals surface area (Å²) in [4.78, 5) is 29.0. The Labute approximate surface area is 248 Å². The first kappa shape index (κ1) is 32.0. The molecule has 0 spiro atoms. The molecule has 3 rings (SSSR count). The number of aryl methyl sites for hydroxylation is 1. The van der Waals surface area contributed by atoms with Gasteiger partial charge >= 0.3 is 0 Å². The minimum atomic E-state index is -4.21. The highest BCUT2D eigenvalue weighted by Crippen LogP contribution is 2.28. The van der Waals surface area contributed by atoms with Crippen LogP contribution in [0, 0.1) is 6.92 Å². The Kier molecular flexibility index (Phi) is 11.2. The van der Waals surface area contributed by atoms with Crippen molar-refractivity contribution in [1.82, 2.24) is 10.2 Å². The fourth-order valence-corrected chi connectivity index (χ4v) is 5.96. The highest BCUT2D eigenvalue weighted by Gasteiger charge is 2.34. The number of hydrogen-bond donors (Lipinski definition) is 1. The average molecular weight is 600 g/mol. The lowest BCUT2D eigenvalue weighted by Gasteiger charge is -2.34. The van der Waals surface area contributed by atoms with E-state index in [9.17, 15) is 18.0 Å². The number of halogens is 1. The van der Waals surface area contributed by atoms with Gasteiger partial charge in [-0.2, -0.15) is 0 Å². The minimum Gasteiger partial charge on any atom is -0.497 e. The third-order valence-corrected chi connectivity index (χ3v) is 9.03. The molecule has 0 saturated heterocycles. The molecule has 2 unspecified atom stereocenters. The lowest BCUT2D eigenvalue weighted by molar-refractivity contribution is -0.140. The van der Waals surface area contributed by atoms with Crippen LogP contribution < -0.4 is 14.4 Å². The Morgan fingerprint density at radius 1 is 0.976 bits per heavy atom. The number of methoxy groups -OCH3 is 1. The van der Waals surface area contributed by atoms with Crippen molar-refractivity contribution in [2.75, 3.05) is 18.0 Å². The number of nitrogens with zero attached hydrogens (tertiary/aromatic N) is 2. The van der Waals surface area contributed by atoms with E-state index < -0.39 is 28.5 Å². The minimum absolute atomic E-state index is 0.0157. The molecule has 0 aliphatic heterocycles. The average Bonchev–Trinajstić information content (AvgIpc) is 2.96. The molecule has 0 fully saturated rings. The zero-order chi connectivity index (χ0) is 30.2. The lowest BCUT2D eigenvalue weighted by atomic mass is 10.1. The first-order valence-corrected chi connectivity index (χ1v) is 15.4. The van der Waals surface area contributed by atoms with Gasteiger partial charge in [0.2, 0.25) is 11.8 Å². The number of rotatable bonds is 13. The predicted molar refractivity (Wildman–Crippen MR) is 163 cm³/mol. The molecule has 220 valence electrons. The molecule has 8 nitrogen and oxygen atoms in total. The number of carbonyl (C=O) groups excluding carboxylic acids is 2. The summed E-state index contributed by atoms with van der Waals surface area (Å²) in [5.41, 5.74) is 2.05. The van der Waals surface area contributed by atoms with Crippen molar-refractivity contribution in [2.45, 2.75) is 64.1 Å². The van der Waals surface area contributed by atoms with Gasteiger partial charge in [0, 0.05) is 17.6 Å². The lowest BCUT2D eigenvalue weighted by Crippen LogP contribution is -2.53. The molecule has 3 aromatic carbocycles. The zero-order valence-electron chi connectivity index (χ0n) is 24.1. The first-order valence-electron chi connectivity index (χ1n) is 13.6. The third-order valence-electron chi connectivity index (χ3n) is 7.01. The van der Waals surface area contributed by atoms with E-state index in [2.05, 4.69) is 5.32 Å². The van der Waals surface area contributed by atoms with E-state index in [1.54, 1.807) is 30.3 Å². The van der Waals surface area contributed by atoms with E-state index in [0.29, 0.717) is 17.2 Å². The number of hydrogen-bond acceptors (Lipinski definition) is 5. The van der Waals surface area contributed by atoms with Crippen molar-refractivity contribution in [2.24, 2.45) is 0 Å². The molecular weight excluding hydrogens is 562 g/mol. The van der Waals surface area contributed by atoms with Crippen LogP contribution in [0.15, 0.2) is 77.7 Å². The highest BCUT2D eigenvalue weighted by atomic mass is 35.5. The van der Waals surface area contributed by atoms with Gasteiger partial charge in [-0.25, -0.2) is 8.42 Å². The standard InChI is InChI=1S/C31H38ClN3O5S/c1-6-23(4)33-31(37)29(7-2)34(20-24-12-9-8-11-22(24)3)30(36)21-35(26-14-10-13-25(32)19-26)41(38,39)28-17-15-27(40-5)16-18-28/h8-19,23,29H,6-7,20-21H2,1-5H3,(H,33,37). The summed E-state index contributed by atoms with van der Waals surface area (Å²) in [6.07, 6.45) is 1.08. The van der Waals surface area contributed by atoms with Crippen LogP contribution in [-0.4, -0.2) is 50.9 Å². The van der Waals surface area contributed by atoms with Gasteiger partial charge < -0.3 is 15.0 Å². The van der Waals surface area contributed by atoms with Crippen molar-refractivity contribution in [1.29, 1.82) is 0 Å². The van der Waals surface area contributed by atoms with Crippen LogP contribution >= 0.6 is 11.6 Å². The predicted octanol–water partition coefficient (Wildman–Crippen LogP) is 5.57. The Bertz CT molecular complexity index is 1450. The van der Waals surface area contributed by atoms with Crippen LogP contribution in [0.2, 0.25) is 5.02 Å². The molecule has 41 heavy (non-hydrogen) atoms. The van der Waals surface area contributed by atoms with Crippen molar-refractivity contribution >= 4 is 39.1 Å². The second-order valence-electron chi connectivity index (χ2n) is 9.86. The summed E-state index contributed by atoms with van der Waals surface area (Å²) in [6, 6.07) is 19.0. The summed E-state index contributed by atoms with van der Waals surface area (Å²) in [5.74, 6) is -0.301. The largest absolute Gasteiger partial charge is 0.497 e. The molecule has 3 aromatic rings. The van der Waals surface area contributed by atoms with E-state index in [-0.39, 0.29) is 29.1 Å². The highest BCUT2D eigenvalue weighted by molar-refractivity contribution is 7.92. The van der Waals surface area contributed by atoms with E-state index in [1.165, 1.54) is 30.2 Å². The number of nitrogens with one attached hydrogen (secondary N) is 1. The van der Waals surface area contributed by atoms with Gasteiger partial charge in [0.15, 0.2) is 0 Å². The van der Waals surface area contributed by atoms with Gasteiger partial charge in [-0.15, -0.1) is 0 Å². The van der Waals surface area contributed by atoms with Crippen LogP contribution in [0.4, 0.5) is 5.69 Å². The number of carbonyl (C=O) groups is 2. The summed E-state index contributed by atoms with van der Waals surface area (Å²) in [6.45, 7) is 7.25. The van der Waals surface area contributed by atoms with Crippen molar-refractivity contribution in [3.05, 3.63) is 88.9 Å².